The van der Waals surface area contributed by atoms with Crippen molar-refractivity contribution in [3.8, 4) is 17.6 Å². The lowest BCUT2D eigenvalue weighted by atomic mass is 10.1. The summed E-state index contributed by atoms with van der Waals surface area (Å²) in [4.78, 5) is 0. The summed E-state index contributed by atoms with van der Waals surface area (Å²) in [5.41, 5.74) is 3.50. The van der Waals surface area contributed by atoms with Gasteiger partial charge in [0, 0.05) is 11.1 Å². The summed E-state index contributed by atoms with van der Waals surface area (Å²) in [6, 6.07) is 16.8. The van der Waals surface area contributed by atoms with Crippen LogP contribution in [0, 0.1) is 17.8 Å². The molecule has 0 aromatic heterocycles. The van der Waals surface area contributed by atoms with Crippen LogP contribution in [0.3, 0.4) is 0 Å². The third kappa shape index (κ3) is 8.83. The Hall–Kier alpha value is -2.20. The van der Waals surface area contributed by atoms with Crippen LogP contribution in [-0.4, -0.2) is 6.61 Å². The van der Waals surface area contributed by atoms with Gasteiger partial charge in [-0.25, -0.2) is 0 Å². The Labute approximate surface area is 166 Å². The highest BCUT2D eigenvalue weighted by molar-refractivity contribution is 5.44. The van der Waals surface area contributed by atoms with Crippen molar-refractivity contribution >= 4 is 0 Å². The molecule has 0 saturated heterocycles. The van der Waals surface area contributed by atoms with Crippen molar-refractivity contribution < 1.29 is 4.74 Å². The number of ether oxygens (including phenoxy) is 1. The van der Waals surface area contributed by atoms with Gasteiger partial charge in [-0.1, -0.05) is 64.0 Å². The standard InChI is InChI=1S/C26H34O/c1-4-5-6-10-23-11-13-24(14-12-23)15-16-25-17-19-26(20-18-25)27-21-8-7-9-22(2)3/h11-14,17-20,22H,4-10,21H2,1-3H3. The summed E-state index contributed by atoms with van der Waals surface area (Å²) in [5, 5.41) is 0. The first-order chi connectivity index (χ1) is 13.2. The normalized spacial score (nSPS) is 10.5. The highest BCUT2D eigenvalue weighted by Gasteiger charge is 1.97. The first kappa shape index (κ1) is 21.1. The summed E-state index contributed by atoms with van der Waals surface area (Å²) in [6.45, 7) is 7.57. The van der Waals surface area contributed by atoms with E-state index in [0.29, 0.717) is 0 Å². The molecule has 1 heteroatoms. The van der Waals surface area contributed by atoms with Crippen molar-refractivity contribution in [1.29, 1.82) is 0 Å². The Morgan fingerprint density at radius 1 is 0.778 bits per heavy atom. The zero-order valence-corrected chi connectivity index (χ0v) is 17.3. The van der Waals surface area contributed by atoms with Crippen LogP contribution in [-0.2, 0) is 6.42 Å². The maximum atomic E-state index is 5.81. The van der Waals surface area contributed by atoms with Crippen molar-refractivity contribution in [2.75, 3.05) is 6.61 Å². The molecule has 0 saturated carbocycles. The second-order valence-corrected chi connectivity index (χ2v) is 7.67. The van der Waals surface area contributed by atoms with Crippen LogP contribution in [0.1, 0.15) is 76.0 Å². The molecule has 0 N–H and O–H groups in total. The summed E-state index contributed by atoms with van der Waals surface area (Å²) in [7, 11) is 0. The second-order valence-electron chi connectivity index (χ2n) is 7.67. The molecule has 0 radical (unpaired) electrons. The average Bonchev–Trinajstić information content (AvgIpc) is 2.68. The van der Waals surface area contributed by atoms with E-state index < -0.39 is 0 Å². The predicted molar refractivity (Wildman–Crippen MR) is 116 cm³/mol. The Morgan fingerprint density at radius 3 is 2.00 bits per heavy atom. The molecular weight excluding hydrogens is 328 g/mol. The third-order valence-electron chi connectivity index (χ3n) is 4.67. The van der Waals surface area contributed by atoms with Crippen LogP contribution in [0.25, 0.3) is 0 Å². The molecule has 0 heterocycles. The minimum Gasteiger partial charge on any atom is -0.494 e. The van der Waals surface area contributed by atoms with Gasteiger partial charge < -0.3 is 4.74 Å². The average molecular weight is 363 g/mol. The summed E-state index contributed by atoms with van der Waals surface area (Å²) < 4.78 is 5.81. The molecule has 27 heavy (non-hydrogen) atoms. The Kier molecular flexibility index (Phi) is 9.56. The highest BCUT2D eigenvalue weighted by atomic mass is 16.5. The number of hydrogen-bond donors (Lipinski definition) is 0. The van der Waals surface area contributed by atoms with E-state index in [0.717, 1.165) is 35.8 Å². The Morgan fingerprint density at radius 2 is 1.41 bits per heavy atom. The van der Waals surface area contributed by atoms with Crippen LogP contribution in [0.15, 0.2) is 48.5 Å². The van der Waals surface area contributed by atoms with Gasteiger partial charge in [0.25, 0.3) is 0 Å². The molecule has 0 spiro atoms. The molecule has 0 unspecified atom stereocenters. The van der Waals surface area contributed by atoms with Crippen molar-refractivity contribution in [2.45, 2.75) is 65.7 Å². The summed E-state index contributed by atoms with van der Waals surface area (Å²) in [6.07, 6.45) is 8.64. The maximum Gasteiger partial charge on any atom is 0.119 e. The summed E-state index contributed by atoms with van der Waals surface area (Å²) in [5.74, 6) is 8.21. The van der Waals surface area contributed by atoms with Gasteiger partial charge in [0.1, 0.15) is 5.75 Å². The van der Waals surface area contributed by atoms with Crippen LogP contribution in [0.4, 0.5) is 0 Å². The SMILES string of the molecule is CCCCCc1ccc(C#Cc2ccc(OCCCCC(C)C)cc2)cc1. The van der Waals surface area contributed by atoms with E-state index >= 15 is 0 Å². The monoisotopic (exact) mass is 362 g/mol. The molecule has 2 aromatic rings. The molecular formula is C26H34O. The topological polar surface area (TPSA) is 9.23 Å². The van der Waals surface area contributed by atoms with E-state index in [2.05, 4.69) is 56.9 Å². The van der Waals surface area contributed by atoms with Crippen LogP contribution >= 0.6 is 0 Å². The molecule has 0 fully saturated rings. The quantitative estimate of drug-likeness (QED) is 0.326. The van der Waals surface area contributed by atoms with Crippen molar-refractivity contribution in [3.05, 3.63) is 65.2 Å². The van der Waals surface area contributed by atoms with Crippen LogP contribution in [0.2, 0.25) is 0 Å². The molecule has 0 amide bonds. The molecule has 0 aliphatic rings. The first-order valence-corrected chi connectivity index (χ1v) is 10.5. The number of unbranched alkanes of at least 4 members (excludes halogenated alkanes) is 3. The number of benzene rings is 2. The van der Waals surface area contributed by atoms with Crippen molar-refractivity contribution in [1.82, 2.24) is 0 Å². The zero-order chi connectivity index (χ0) is 19.3. The summed E-state index contributed by atoms with van der Waals surface area (Å²) >= 11 is 0. The predicted octanol–water partition coefficient (Wildman–Crippen LogP) is 7.02. The molecule has 0 aliphatic carbocycles. The van der Waals surface area contributed by atoms with Crippen molar-refractivity contribution in [2.24, 2.45) is 5.92 Å². The fraction of sp³-hybridized carbons (Fsp3) is 0.462. The fourth-order valence-corrected chi connectivity index (χ4v) is 2.96. The van der Waals surface area contributed by atoms with Crippen molar-refractivity contribution in [3.63, 3.8) is 0 Å². The number of hydrogen-bond acceptors (Lipinski definition) is 1. The minimum absolute atomic E-state index is 0.778. The van der Waals surface area contributed by atoms with Crippen LogP contribution < -0.4 is 4.74 Å². The lowest BCUT2D eigenvalue weighted by Gasteiger charge is -2.07. The molecule has 0 bridgehead atoms. The lowest BCUT2D eigenvalue weighted by molar-refractivity contribution is 0.301. The second kappa shape index (κ2) is 12.2. The number of aryl methyl sites for hydroxylation is 1. The van der Waals surface area contributed by atoms with E-state index in [1.54, 1.807) is 0 Å². The highest BCUT2D eigenvalue weighted by Crippen LogP contribution is 2.14. The van der Waals surface area contributed by atoms with Gasteiger partial charge in [-0.3, -0.25) is 0 Å². The van der Waals surface area contributed by atoms with E-state index in [9.17, 15) is 0 Å². The Bertz CT molecular complexity index is 699. The van der Waals surface area contributed by atoms with E-state index in [4.69, 9.17) is 4.74 Å². The molecule has 2 rings (SSSR count). The molecule has 0 atom stereocenters. The minimum atomic E-state index is 0.778. The lowest BCUT2D eigenvalue weighted by Crippen LogP contribution is -1.98. The third-order valence-corrected chi connectivity index (χ3v) is 4.67. The Balaban J connectivity index is 1.79. The van der Waals surface area contributed by atoms with E-state index in [-0.39, 0.29) is 0 Å². The largest absolute Gasteiger partial charge is 0.494 e. The maximum absolute atomic E-state index is 5.81. The van der Waals surface area contributed by atoms with Gasteiger partial charge in [-0.2, -0.15) is 0 Å². The molecule has 2 aromatic carbocycles. The fourth-order valence-electron chi connectivity index (χ4n) is 2.96. The molecule has 0 aliphatic heterocycles. The molecule has 1 nitrogen and oxygen atoms in total. The van der Waals surface area contributed by atoms with Gasteiger partial charge in [0.05, 0.1) is 6.61 Å². The van der Waals surface area contributed by atoms with E-state index in [1.807, 2.05) is 24.3 Å². The van der Waals surface area contributed by atoms with Gasteiger partial charge >= 0.3 is 0 Å². The van der Waals surface area contributed by atoms with Gasteiger partial charge in [-0.05, 0) is 73.6 Å². The van der Waals surface area contributed by atoms with Gasteiger partial charge in [0.2, 0.25) is 0 Å². The van der Waals surface area contributed by atoms with Crippen LogP contribution in [0.5, 0.6) is 5.75 Å². The molecule has 144 valence electrons. The van der Waals surface area contributed by atoms with Gasteiger partial charge in [0.15, 0.2) is 0 Å². The smallest absolute Gasteiger partial charge is 0.119 e. The number of rotatable bonds is 10. The van der Waals surface area contributed by atoms with E-state index in [1.165, 1.54) is 44.1 Å². The zero-order valence-electron chi connectivity index (χ0n) is 17.3. The first-order valence-electron chi connectivity index (χ1n) is 10.5. The van der Waals surface area contributed by atoms with Gasteiger partial charge in [-0.15, -0.1) is 0 Å².